The molecule has 0 radical (unpaired) electrons. The molecule has 1 atom stereocenters. The molecule has 0 fully saturated rings. The van der Waals surface area contributed by atoms with E-state index < -0.39 is 0 Å². The van der Waals surface area contributed by atoms with E-state index in [1.165, 1.54) is 16.0 Å². The van der Waals surface area contributed by atoms with Gasteiger partial charge in [-0.1, -0.05) is 30.0 Å². The van der Waals surface area contributed by atoms with E-state index >= 15 is 0 Å². The molecule has 3 heteroatoms. The van der Waals surface area contributed by atoms with Crippen molar-refractivity contribution >= 4 is 11.8 Å². The summed E-state index contributed by atoms with van der Waals surface area (Å²) in [6.07, 6.45) is 1.86. The van der Waals surface area contributed by atoms with Gasteiger partial charge in [0.1, 0.15) is 5.03 Å². The molecule has 0 aliphatic rings. The second-order valence-electron chi connectivity index (χ2n) is 4.59. The van der Waals surface area contributed by atoms with E-state index in [-0.39, 0.29) is 6.04 Å². The SMILES string of the molecule is Cc1ccc(C)c(Sc2ccc([C@H](C)N)cn2)c1. The summed E-state index contributed by atoms with van der Waals surface area (Å²) in [6.45, 7) is 6.20. The molecular formula is C15H18N2S. The molecule has 0 saturated heterocycles. The molecule has 2 aromatic rings. The maximum Gasteiger partial charge on any atom is 0.101 e. The highest BCUT2D eigenvalue weighted by Crippen LogP contribution is 2.29. The third kappa shape index (κ3) is 3.12. The minimum Gasteiger partial charge on any atom is -0.324 e. The Bertz CT molecular complexity index is 533. The number of aromatic nitrogens is 1. The summed E-state index contributed by atoms with van der Waals surface area (Å²) in [7, 11) is 0. The van der Waals surface area contributed by atoms with Gasteiger partial charge in [-0.15, -0.1) is 0 Å². The van der Waals surface area contributed by atoms with E-state index in [0.29, 0.717) is 0 Å². The van der Waals surface area contributed by atoms with Crippen molar-refractivity contribution in [1.29, 1.82) is 0 Å². The number of hydrogen-bond acceptors (Lipinski definition) is 3. The number of aryl methyl sites for hydroxylation is 2. The lowest BCUT2D eigenvalue weighted by Crippen LogP contribution is -2.04. The van der Waals surface area contributed by atoms with Crippen LogP contribution in [0.25, 0.3) is 0 Å². The molecule has 0 aliphatic heterocycles. The number of hydrogen-bond donors (Lipinski definition) is 1. The minimum atomic E-state index is 0.0391. The Morgan fingerprint density at radius 2 is 1.94 bits per heavy atom. The fraction of sp³-hybridized carbons (Fsp3) is 0.267. The zero-order valence-corrected chi connectivity index (χ0v) is 11.8. The van der Waals surface area contributed by atoms with Crippen LogP contribution in [0.5, 0.6) is 0 Å². The number of benzene rings is 1. The summed E-state index contributed by atoms with van der Waals surface area (Å²) in [4.78, 5) is 5.71. The van der Waals surface area contributed by atoms with Gasteiger partial charge in [0, 0.05) is 17.1 Å². The number of rotatable bonds is 3. The van der Waals surface area contributed by atoms with E-state index in [4.69, 9.17) is 5.73 Å². The van der Waals surface area contributed by atoms with Crippen molar-refractivity contribution in [3.63, 3.8) is 0 Å². The number of nitrogens with zero attached hydrogens (tertiary/aromatic N) is 1. The average Bonchev–Trinajstić information content (AvgIpc) is 2.34. The van der Waals surface area contributed by atoms with Crippen LogP contribution in [0.1, 0.15) is 29.7 Å². The van der Waals surface area contributed by atoms with Crippen molar-refractivity contribution in [2.45, 2.75) is 36.7 Å². The van der Waals surface area contributed by atoms with Gasteiger partial charge < -0.3 is 5.73 Å². The molecule has 18 heavy (non-hydrogen) atoms. The van der Waals surface area contributed by atoms with Gasteiger partial charge in [-0.3, -0.25) is 0 Å². The predicted molar refractivity (Wildman–Crippen MR) is 76.9 cm³/mol. The fourth-order valence-electron chi connectivity index (χ4n) is 1.65. The quantitative estimate of drug-likeness (QED) is 0.908. The van der Waals surface area contributed by atoms with Gasteiger partial charge in [-0.05, 0) is 49.6 Å². The van der Waals surface area contributed by atoms with Crippen LogP contribution in [-0.4, -0.2) is 4.98 Å². The van der Waals surface area contributed by atoms with Gasteiger partial charge in [0.25, 0.3) is 0 Å². The fourth-order valence-corrected chi connectivity index (χ4v) is 2.59. The standard InChI is InChI=1S/C15H18N2S/c1-10-4-5-11(2)14(8-10)18-15-7-6-13(9-17-15)12(3)16/h4-9,12H,16H2,1-3H3/t12-/m0/s1. The highest BCUT2D eigenvalue weighted by molar-refractivity contribution is 7.99. The minimum absolute atomic E-state index is 0.0391. The Kier molecular flexibility index (Phi) is 4.04. The molecule has 0 bridgehead atoms. The topological polar surface area (TPSA) is 38.9 Å². The first-order valence-electron chi connectivity index (χ1n) is 6.03. The summed E-state index contributed by atoms with van der Waals surface area (Å²) in [5, 5.41) is 1.01. The largest absolute Gasteiger partial charge is 0.324 e. The van der Waals surface area contributed by atoms with Gasteiger partial charge >= 0.3 is 0 Å². The molecule has 1 aromatic heterocycles. The number of nitrogens with two attached hydrogens (primary N) is 1. The van der Waals surface area contributed by atoms with E-state index in [9.17, 15) is 0 Å². The van der Waals surface area contributed by atoms with E-state index in [1.54, 1.807) is 11.8 Å². The summed E-state index contributed by atoms with van der Waals surface area (Å²) in [5.74, 6) is 0. The highest BCUT2D eigenvalue weighted by atomic mass is 32.2. The Balaban J connectivity index is 2.21. The van der Waals surface area contributed by atoms with Crippen molar-refractivity contribution in [2.75, 3.05) is 0 Å². The first-order valence-corrected chi connectivity index (χ1v) is 6.84. The lowest BCUT2D eigenvalue weighted by molar-refractivity contribution is 0.806. The Hall–Kier alpha value is -1.32. The van der Waals surface area contributed by atoms with Crippen LogP contribution in [-0.2, 0) is 0 Å². The molecule has 2 nitrogen and oxygen atoms in total. The van der Waals surface area contributed by atoms with E-state index in [2.05, 4.69) is 37.0 Å². The first-order chi connectivity index (χ1) is 8.56. The Morgan fingerprint density at radius 3 is 2.56 bits per heavy atom. The highest BCUT2D eigenvalue weighted by Gasteiger charge is 2.04. The van der Waals surface area contributed by atoms with Crippen LogP contribution < -0.4 is 5.73 Å². The van der Waals surface area contributed by atoms with Crippen molar-refractivity contribution in [1.82, 2.24) is 4.98 Å². The molecule has 0 unspecified atom stereocenters. The van der Waals surface area contributed by atoms with Crippen molar-refractivity contribution in [3.05, 3.63) is 53.2 Å². The van der Waals surface area contributed by atoms with Crippen molar-refractivity contribution in [2.24, 2.45) is 5.73 Å². The molecule has 94 valence electrons. The van der Waals surface area contributed by atoms with Crippen molar-refractivity contribution in [3.8, 4) is 0 Å². The zero-order chi connectivity index (χ0) is 13.1. The Morgan fingerprint density at radius 1 is 1.17 bits per heavy atom. The average molecular weight is 258 g/mol. The second kappa shape index (κ2) is 5.55. The first kappa shape index (κ1) is 13.1. The summed E-state index contributed by atoms with van der Waals surface area (Å²) in [6, 6.07) is 10.6. The summed E-state index contributed by atoms with van der Waals surface area (Å²) in [5.41, 5.74) is 9.44. The molecule has 0 saturated carbocycles. The normalized spacial score (nSPS) is 12.4. The van der Waals surface area contributed by atoms with Crippen LogP contribution in [0, 0.1) is 13.8 Å². The van der Waals surface area contributed by atoms with Gasteiger partial charge in [0.2, 0.25) is 0 Å². The second-order valence-corrected chi connectivity index (χ2v) is 5.65. The third-order valence-corrected chi connectivity index (χ3v) is 3.95. The lowest BCUT2D eigenvalue weighted by atomic mass is 10.2. The van der Waals surface area contributed by atoms with E-state index in [1.807, 2.05) is 25.3 Å². The van der Waals surface area contributed by atoms with Crippen LogP contribution >= 0.6 is 11.8 Å². The molecule has 1 aromatic carbocycles. The van der Waals surface area contributed by atoms with Gasteiger partial charge in [0.05, 0.1) is 0 Å². The molecule has 2 N–H and O–H groups in total. The molecule has 0 aliphatic carbocycles. The van der Waals surface area contributed by atoms with Crippen LogP contribution in [0.2, 0.25) is 0 Å². The molecule has 1 heterocycles. The van der Waals surface area contributed by atoms with Crippen LogP contribution in [0.15, 0.2) is 46.5 Å². The van der Waals surface area contributed by atoms with Crippen LogP contribution in [0.3, 0.4) is 0 Å². The third-order valence-electron chi connectivity index (χ3n) is 2.84. The van der Waals surface area contributed by atoms with Gasteiger partial charge in [0.15, 0.2) is 0 Å². The zero-order valence-electron chi connectivity index (χ0n) is 11.0. The molecule has 2 rings (SSSR count). The van der Waals surface area contributed by atoms with Crippen LogP contribution in [0.4, 0.5) is 0 Å². The summed E-state index contributed by atoms with van der Waals surface area (Å²) < 4.78 is 0. The van der Waals surface area contributed by atoms with Gasteiger partial charge in [-0.25, -0.2) is 4.98 Å². The molecule has 0 spiro atoms. The molecular weight excluding hydrogens is 240 g/mol. The van der Waals surface area contributed by atoms with Gasteiger partial charge in [-0.2, -0.15) is 0 Å². The number of pyridine rings is 1. The predicted octanol–water partition coefficient (Wildman–Crippen LogP) is 3.87. The smallest absolute Gasteiger partial charge is 0.101 e. The van der Waals surface area contributed by atoms with Crippen molar-refractivity contribution < 1.29 is 0 Å². The molecule has 0 amide bonds. The lowest BCUT2D eigenvalue weighted by Gasteiger charge is -2.08. The Labute approximate surface area is 113 Å². The monoisotopic (exact) mass is 258 g/mol. The van der Waals surface area contributed by atoms with E-state index in [0.717, 1.165) is 10.6 Å². The maximum atomic E-state index is 5.81. The maximum absolute atomic E-state index is 5.81. The summed E-state index contributed by atoms with van der Waals surface area (Å²) >= 11 is 1.70.